The molecule has 8 rings (SSSR count). The molecular weight excluding hydrogens is 825 g/mol. The van der Waals surface area contributed by atoms with Crippen molar-refractivity contribution < 1.29 is 38.6 Å². The van der Waals surface area contributed by atoms with Crippen LogP contribution < -0.4 is 31.3 Å². The number of nitrogens with zero attached hydrogens (tertiary/aromatic N) is 2. The van der Waals surface area contributed by atoms with E-state index >= 15 is 14.4 Å². The zero-order chi connectivity index (χ0) is 45.7. The third-order valence-corrected chi connectivity index (χ3v) is 12.1. The van der Waals surface area contributed by atoms with Crippen LogP contribution in [0.1, 0.15) is 64.5 Å². The normalized spacial score (nSPS) is 22.4. The van der Waals surface area contributed by atoms with Crippen LogP contribution in [0.4, 0.5) is 15.3 Å². The molecule has 0 aliphatic carbocycles. The highest BCUT2D eigenvalue weighted by molar-refractivity contribution is 6.24. The van der Waals surface area contributed by atoms with Crippen LogP contribution in [0.25, 0.3) is 0 Å². The molecule has 3 aliphatic rings. The lowest BCUT2D eigenvalue weighted by Crippen LogP contribution is -2.56. The molecule has 3 heterocycles. The molecule has 6 N–H and O–H groups in total. The maximum absolute atomic E-state index is 16.4. The van der Waals surface area contributed by atoms with Crippen molar-refractivity contribution in [2.45, 2.75) is 42.6 Å². The standard InChI is InChI=1S/C51H48N6O8/c1-3-26-53-46(59)41-43-47(60)65-44(36-20-11-6-12-21-36)42(35-18-9-5-10-19-35)57(43)45(37-22-13-23-38(31-37)64-29-28-58)51(41)39-30-33(15-14-27-54-49(52)62)24-25-40(39)56(48(51)61)50(63)55-32(2)34-16-7-4-8-17-34/h3-13,16-25,30-32,41-45,58H,1,26-29H2,2H3,(H,53,59)(H,55,63)(H3,52,54,62)/t32-,41+,42+,43+,44-,45-,51+/m1/s1. The van der Waals surface area contributed by atoms with Crippen LogP contribution in [0, 0.1) is 17.8 Å². The summed E-state index contributed by atoms with van der Waals surface area (Å²) in [6, 6.07) is 34.4. The summed E-state index contributed by atoms with van der Waals surface area (Å²) in [6.07, 6.45) is 0.569. The maximum atomic E-state index is 16.4. The van der Waals surface area contributed by atoms with Gasteiger partial charge in [-0.15, -0.1) is 6.58 Å². The summed E-state index contributed by atoms with van der Waals surface area (Å²) in [7, 11) is 0. The van der Waals surface area contributed by atoms with E-state index in [-0.39, 0.29) is 37.6 Å². The van der Waals surface area contributed by atoms with Gasteiger partial charge >= 0.3 is 18.0 Å². The smallest absolute Gasteiger partial charge is 0.329 e. The van der Waals surface area contributed by atoms with Crippen molar-refractivity contribution in [3.05, 3.63) is 179 Å². The average Bonchev–Trinajstić information content (AvgIpc) is 3.78. The summed E-state index contributed by atoms with van der Waals surface area (Å²) >= 11 is 0. The summed E-state index contributed by atoms with van der Waals surface area (Å²) in [5, 5.41) is 18.1. The van der Waals surface area contributed by atoms with Crippen LogP contribution in [-0.4, -0.2) is 72.2 Å². The number of urea groups is 2. The highest BCUT2D eigenvalue weighted by atomic mass is 16.6. The lowest BCUT2D eigenvalue weighted by molar-refractivity contribution is -0.178. The number of anilines is 1. The topological polar surface area (TPSA) is 193 Å². The van der Waals surface area contributed by atoms with Gasteiger partial charge in [-0.1, -0.05) is 121 Å². The minimum Gasteiger partial charge on any atom is -0.491 e. The number of esters is 1. The number of hydrogen-bond donors (Lipinski definition) is 5. The summed E-state index contributed by atoms with van der Waals surface area (Å²) in [5.41, 5.74) is 6.76. The molecule has 0 aromatic heterocycles. The molecule has 0 radical (unpaired) electrons. The van der Waals surface area contributed by atoms with E-state index in [2.05, 4.69) is 34.4 Å². The summed E-state index contributed by atoms with van der Waals surface area (Å²) < 4.78 is 12.5. The van der Waals surface area contributed by atoms with E-state index in [1.165, 1.54) is 6.08 Å². The van der Waals surface area contributed by atoms with Crippen LogP contribution in [0.15, 0.2) is 146 Å². The maximum Gasteiger partial charge on any atom is 0.329 e. The second-order valence-electron chi connectivity index (χ2n) is 15.9. The molecule has 7 atom stereocenters. The molecule has 3 aliphatic heterocycles. The zero-order valence-corrected chi connectivity index (χ0v) is 35.6. The molecule has 0 saturated carbocycles. The highest BCUT2D eigenvalue weighted by Gasteiger charge is 2.75. The van der Waals surface area contributed by atoms with Crippen LogP contribution in [0.3, 0.4) is 0 Å². The number of amides is 6. The lowest BCUT2D eigenvalue weighted by atomic mass is 9.65. The van der Waals surface area contributed by atoms with Crippen LogP contribution in [0.2, 0.25) is 0 Å². The van der Waals surface area contributed by atoms with E-state index in [0.29, 0.717) is 22.4 Å². The Balaban J connectivity index is 1.44. The van der Waals surface area contributed by atoms with E-state index < -0.39 is 71.5 Å². The Morgan fingerprint density at radius 3 is 2.23 bits per heavy atom. The van der Waals surface area contributed by atoms with Crippen molar-refractivity contribution in [1.82, 2.24) is 20.9 Å². The Labute approximate surface area is 376 Å². The first kappa shape index (κ1) is 43.9. The Morgan fingerprint density at radius 1 is 0.877 bits per heavy atom. The van der Waals surface area contributed by atoms with Gasteiger partial charge in [-0.05, 0) is 65.1 Å². The fourth-order valence-corrected chi connectivity index (χ4v) is 9.56. The number of fused-ring (bicyclic) bond motifs is 3. The number of nitrogens with one attached hydrogen (secondary N) is 3. The van der Waals surface area contributed by atoms with Crippen molar-refractivity contribution in [3.63, 3.8) is 0 Å². The number of rotatable bonds is 12. The number of ether oxygens (including phenoxy) is 2. The van der Waals surface area contributed by atoms with Crippen molar-refractivity contribution in [2.75, 3.05) is 31.2 Å². The van der Waals surface area contributed by atoms with E-state index in [0.717, 1.165) is 16.0 Å². The first-order valence-corrected chi connectivity index (χ1v) is 21.3. The summed E-state index contributed by atoms with van der Waals surface area (Å²) in [5.74, 6) is 2.58. The number of primary amides is 1. The van der Waals surface area contributed by atoms with Gasteiger partial charge in [0.05, 0.1) is 42.9 Å². The quantitative estimate of drug-likeness (QED) is 0.0611. The Bertz CT molecular complexity index is 2670. The minimum atomic E-state index is -2.05. The molecule has 2 fully saturated rings. The molecule has 14 heteroatoms. The van der Waals surface area contributed by atoms with Gasteiger partial charge in [0.1, 0.15) is 29.9 Å². The second-order valence-corrected chi connectivity index (χ2v) is 15.9. The third-order valence-electron chi connectivity index (χ3n) is 12.1. The fraction of sp³-hybridized carbons (Fsp3) is 0.235. The second kappa shape index (κ2) is 18.9. The summed E-state index contributed by atoms with van der Waals surface area (Å²) in [4.78, 5) is 76.3. The van der Waals surface area contributed by atoms with Crippen molar-refractivity contribution in [1.29, 1.82) is 0 Å². The van der Waals surface area contributed by atoms with Gasteiger partial charge in [0.15, 0.2) is 0 Å². The first-order chi connectivity index (χ1) is 31.6. The number of carbonyl (C=O) groups excluding carboxylic acids is 5. The van der Waals surface area contributed by atoms with Gasteiger partial charge in [0.25, 0.3) is 0 Å². The number of cyclic esters (lactones) is 1. The molecule has 6 amide bonds. The predicted molar refractivity (Wildman–Crippen MR) is 242 cm³/mol. The van der Waals surface area contributed by atoms with Crippen molar-refractivity contribution in [2.24, 2.45) is 11.7 Å². The lowest BCUT2D eigenvalue weighted by Gasteiger charge is -2.46. The monoisotopic (exact) mass is 872 g/mol. The molecular formula is C51H48N6O8. The Kier molecular flexibility index (Phi) is 12.8. The number of aliphatic hydroxyl groups excluding tert-OH is 1. The Morgan fingerprint density at radius 2 is 1.55 bits per heavy atom. The molecule has 65 heavy (non-hydrogen) atoms. The number of aliphatic hydroxyl groups is 1. The average molecular weight is 873 g/mol. The minimum absolute atomic E-state index is 0.00466. The van der Waals surface area contributed by atoms with E-state index in [1.807, 2.05) is 95.9 Å². The number of morpholine rings is 1. The molecule has 2 saturated heterocycles. The van der Waals surface area contributed by atoms with Gasteiger partial charge < -0.3 is 36.3 Å². The predicted octanol–water partition coefficient (Wildman–Crippen LogP) is 5.52. The summed E-state index contributed by atoms with van der Waals surface area (Å²) in [6.45, 7) is 5.22. The van der Waals surface area contributed by atoms with Gasteiger partial charge in [-0.3, -0.25) is 19.3 Å². The molecule has 5 aromatic rings. The molecule has 5 aromatic carbocycles. The highest BCUT2D eigenvalue weighted by Crippen LogP contribution is 2.66. The van der Waals surface area contributed by atoms with Gasteiger partial charge in [-0.25, -0.2) is 14.5 Å². The van der Waals surface area contributed by atoms with Gasteiger partial charge in [0.2, 0.25) is 11.8 Å². The largest absolute Gasteiger partial charge is 0.491 e. The number of hydrogen-bond acceptors (Lipinski definition) is 9. The van der Waals surface area contributed by atoms with Crippen LogP contribution >= 0.6 is 0 Å². The van der Waals surface area contributed by atoms with Crippen molar-refractivity contribution >= 4 is 35.5 Å². The Hall–Kier alpha value is -7.73. The zero-order valence-electron chi connectivity index (χ0n) is 35.6. The number of benzene rings is 5. The van der Waals surface area contributed by atoms with E-state index in [4.69, 9.17) is 15.2 Å². The molecule has 0 unspecified atom stereocenters. The third kappa shape index (κ3) is 8.19. The molecule has 1 spiro atoms. The number of imide groups is 1. The first-order valence-electron chi connectivity index (χ1n) is 21.3. The van der Waals surface area contributed by atoms with Crippen LogP contribution in [-0.2, 0) is 24.5 Å². The SMILES string of the molecule is C=CCNC(=O)[C@@H]1[C@H]2C(=O)O[C@H](c3ccccc3)[C@H](c3ccccc3)N2[C@H](c2cccc(OCCO)c2)[C@@]12C(=O)N(C(=O)N[C@H](C)c1ccccc1)c1ccc(C#CCNC(N)=O)cc12. The van der Waals surface area contributed by atoms with E-state index in [9.17, 15) is 14.7 Å². The van der Waals surface area contributed by atoms with Gasteiger partial charge in [-0.2, -0.15) is 0 Å². The number of carbonyl (C=O) groups is 5. The molecule has 14 nitrogen and oxygen atoms in total. The molecule has 0 bridgehead atoms. The van der Waals surface area contributed by atoms with Crippen molar-refractivity contribution in [3.8, 4) is 17.6 Å². The van der Waals surface area contributed by atoms with E-state index in [1.54, 1.807) is 49.4 Å². The number of nitrogens with two attached hydrogens (primary N) is 1. The van der Waals surface area contributed by atoms with Gasteiger partial charge in [0, 0.05) is 12.1 Å². The fourth-order valence-electron chi connectivity index (χ4n) is 9.56. The van der Waals surface area contributed by atoms with Crippen LogP contribution in [0.5, 0.6) is 5.75 Å². The molecule has 330 valence electrons.